The number of alkyl halides is 6. The predicted molar refractivity (Wildman–Crippen MR) is 120 cm³/mol. The van der Waals surface area contributed by atoms with Gasteiger partial charge in [0.25, 0.3) is 5.60 Å². The van der Waals surface area contributed by atoms with E-state index in [1.807, 2.05) is 60.7 Å². The van der Waals surface area contributed by atoms with E-state index in [-0.39, 0.29) is 5.75 Å². The van der Waals surface area contributed by atoms with Crippen LogP contribution in [0.15, 0.2) is 99.6 Å². The molecule has 3 aromatic carbocycles. The Bertz CT molecular complexity index is 1070. The highest BCUT2D eigenvalue weighted by Crippen LogP contribution is 2.45. The highest BCUT2D eigenvalue weighted by atomic mass is 32.2. The van der Waals surface area contributed by atoms with E-state index in [1.54, 1.807) is 24.3 Å². The van der Waals surface area contributed by atoms with Crippen LogP contribution in [0.3, 0.4) is 0 Å². The molecule has 0 radical (unpaired) electrons. The lowest BCUT2D eigenvalue weighted by molar-refractivity contribution is -0.371. The Hall–Kier alpha value is -3.18. The summed E-state index contributed by atoms with van der Waals surface area (Å²) in [6.45, 7) is -2.04. The number of aliphatic hydroxyl groups is 1. The lowest BCUT2D eigenvalue weighted by Gasteiger charge is -2.31. The van der Waals surface area contributed by atoms with E-state index >= 15 is 0 Å². The van der Waals surface area contributed by atoms with Crippen LogP contribution >= 0.6 is 0 Å². The molecule has 0 fully saturated rings. The van der Waals surface area contributed by atoms with Gasteiger partial charge in [-0.25, -0.2) is 4.79 Å². The fraction of sp³-hybridized carbons (Fsp3) is 0.240. The first kappa shape index (κ1) is 27.4. The number of hydrogen-bond acceptors (Lipinski definition) is 4. The summed E-state index contributed by atoms with van der Waals surface area (Å²) < 4.78 is 85.7. The molecule has 36 heavy (non-hydrogen) atoms. The van der Waals surface area contributed by atoms with Gasteiger partial charge in [0.15, 0.2) is 21.3 Å². The topological polar surface area (TPSA) is 55.8 Å². The highest BCUT2D eigenvalue weighted by Gasteiger charge is 2.70. The van der Waals surface area contributed by atoms with E-state index in [0.29, 0.717) is 0 Å². The molecule has 192 valence electrons. The van der Waals surface area contributed by atoms with Gasteiger partial charge in [-0.15, -0.1) is 0 Å². The molecule has 1 N–H and O–H groups in total. The van der Waals surface area contributed by atoms with Crippen molar-refractivity contribution in [1.29, 1.82) is 0 Å². The van der Waals surface area contributed by atoms with Gasteiger partial charge >= 0.3 is 18.3 Å². The minimum Gasteiger partial charge on any atom is -0.482 e. The summed E-state index contributed by atoms with van der Waals surface area (Å²) in [7, 11) is -0.418. The fourth-order valence-electron chi connectivity index (χ4n) is 3.13. The van der Waals surface area contributed by atoms with Crippen molar-refractivity contribution < 1.29 is 45.7 Å². The summed E-state index contributed by atoms with van der Waals surface area (Å²) in [4.78, 5) is 14.9. The van der Waals surface area contributed by atoms with Gasteiger partial charge in [-0.05, 0) is 48.5 Å². The second-order valence-electron chi connectivity index (χ2n) is 7.52. The number of carbonyl (C=O) groups is 1. The number of ether oxygens (including phenoxy) is 2. The van der Waals surface area contributed by atoms with Crippen LogP contribution in [0, 0.1) is 0 Å². The third kappa shape index (κ3) is 6.52. The van der Waals surface area contributed by atoms with Crippen molar-refractivity contribution in [2.75, 3.05) is 13.2 Å². The van der Waals surface area contributed by atoms with E-state index in [1.165, 1.54) is 0 Å². The van der Waals surface area contributed by atoms with Crippen molar-refractivity contribution in [1.82, 2.24) is 0 Å². The first-order valence-electron chi connectivity index (χ1n) is 10.5. The third-order valence-electron chi connectivity index (χ3n) is 5.04. The van der Waals surface area contributed by atoms with Crippen LogP contribution in [0.25, 0.3) is 0 Å². The summed E-state index contributed by atoms with van der Waals surface area (Å²) in [5.74, 6) is -0.929. The van der Waals surface area contributed by atoms with Crippen LogP contribution < -0.4 is 4.74 Å². The molecule has 0 aromatic heterocycles. The Morgan fingerprint density at radius 1 is 0.722 bits per heavy atom. The maximum absolute atomic E-state index is 12.7. The monoisotopic (exact) mass is 531 g/mol. The van der Waals surface area contributed by atoms with Gasteiger partial charge in [-0.2, -0.15) is 26.3 Å². The summed E-state index contributed by atoms with van der Waals surface area (Å²) >= 11 is 0. The summed E-state index contributed by atoms with van der Waals surface area (Å²) in [6, 6.07) is 26.4. The largest absolute Gasteiger partial charge is 0.482 e. The Kier molecular flexibility index (Phi) is 8.57. The summed E-state index contributed by atoms with van der Waals surface area (Å²) in [5, 5.41) is 9.07. The lowest BCUT2D eigenvalue weighted by Crippen LogP contribution is -2.57. The minimum atomic E-state index is -5.98. The smallest absolute Gasteiger partial charge is 0.426 e. The van der Waals surface area contributed by atoms with Crippen molar-refractivity contribution in [3.05, 3.63) is 84.9 Å². The standard InChI is InChI=1S/C25H21F6O4S/c26-24(27,28)23(33,25(29,30)31)15-16-34-22(32)17-35-18-11-13-21(14-12-18)36(19-7-3-1-4-8-19)20-9-5-2-6-10-20/h1-14,33H,15-17H2/q+1. The Labute approximate surface area is 205 Å². The summed E-state index contributed by atoms with van der Waals surface area (Å²) in [6.07, 6.45) is -13.8. The quantitative estimate of drug-likeness (QED) is 0.211. The maximum atomic E-state index is 12.7. The zero-order valence-electron chi connectivity index (χ0n) is 18.6. The second-order valence-corrected chi connectivity index (χ2v) is 9.55. The first-order chi connectivity index (χ1) is 16.9. The average Bonchev–Trinajstić information content (AvgIpc) is 2.83. The van der Waals surface area contributed by atoms with Gasteiger partial charge in [0.1, 0.15) is 5.75 Å². The molecule has 0 spiro atoms. The molecule has 0 aliphatic heterocycles. The van der Waals surface area contributed by atoms with E-state index in [2.05, 4.69) is 4.74 Å². The van der Waals surface area contributed by atoms with Gasteiger partial charge in [-0.3, -0.25) is 0 Å². The predicted octanol–water partition coefficient (Wildman–Crippen LogP) is 5.95. The van der Waals surface area contributed by atoms with Crippen LogP contribution in [0.2, 0.25) is 0 Å². The second kappa shape index (κ2) is 11.3. The number of rotatable bonds is 9. The first-order valence-corrected chi connectivity index (χ1v) is 11.7. The van der Waals surface area contributed by atoms with Crippen LogP contribution in [0.1, 0.15) is 6.42 Å². The van der Waals surface area contributed by atoms with Gasteiger partial charge in [0, 0.05) is 6.42 Å². The molecule has 0 heterocycles. The fourth-order valence-corrected chi connectivity index (χ4v) is 5.22. The number of hydrogen-bond donors (Lipinski definition) is 1. The van der Waals surface area contributed by atoms with Crippen LogP contribution in [0.4, 0.5) is 26.3 Å². The molecule has 0 saturated heterocycles. The maximum Gasteiger partial charge on any atom is 0.426 e. The molecule has 3 aromatic rings. The van der Waals surface area contributed by atoms with Crippen molar-refractivity contribution in [2.45, 2.75) is 39.1 Å². The number of carbonyl (C=O) groups excluding carboxylic acids is 1. The zero-order valence-corrected chi connectivity index (χ0v) is 19.4. The lowest BCUT2D eigenvalue weighted by atomic mass is 9.99. The normalized spacial score (nSPS) is 12.4. The van der Waals surface area contributed by atoms with Crippen LogP contribution in [-0.4, -0.2) is 42.2 Å². The summed E-state index contributed by atoms with van der Waals surface area (Å²) in [5.41, 5.74) is -4.98. The van der Waals surface area contributed by atoms with Gasteiger partial charge in [0.2, 0.25) is 0 Å². The van der Waals surface area contributed by atoms with Crippen molar-refractivity contribution in [3.63, 3.8) is 0 Å². The van der Waals surface area contributed by atoms with Crippen LogP contribution in [0.5, 0.6) is 5.75 Å². The average molecular weight is 531 g/mol. The molecule has 0 saturated carbocycles. The van der Waals surface area contributed by atoms with Gasteiger partial charge < -0.3 is 14.6 Å². The molecule has 0 bridgehead atoms. The minimum absolute atomic E-state index is 0.252. The Morgan fingerprint density at radius 2 is 1.17 bits per heavy atom. The molecular weight excluding hydrogens is 510 g/mol. The molecule has 0 unspecified atom stereocenters. The third-order valence-corrected chi connectivity index (χ3v) is 7.27. The molecule has 11 heteroatoms. The van der Waals surface area contributed by atoms with Gasteiger partial charge in [-0.1, -0.05) is 36.4 Å². The molecule has 0 aliphatic rings. The zero-order chi connectivity index (χ0) is 26.4. The van der Waals surface area contributed by atoms with Crippen molar-refractivity contribution in [3.8, 4) is 5.75 Å². The Morgan fingerprint density at radius 3 is 1.61 bits per heavy atom. The molecule has 4 nitrogen and oxygen atoms in total. The number of esters is 1. The molecule has 0 amide bonds. The Balaban J connectivity index is 1.60. The van der Waals surface area contributed by atoms with Gasteiger partial charge in [0.05, 0.1) is 17.5 Å². The van der Waals surface area contributed by atoms with Crippen molar-refractivity contribution >= 4 is 16.9 Å². The number of halogens is 6. The molecule has 0 aliphatic carbocycles. The molecular formula is C25H21F6O4S+. The van der Waals surface area contributed by atoms with E-state index < -0.39 is 54.5 Å². The highest BCUT2D eigenvalue weighted by molar-refractivity contribution is 7.97. The number of benzene rings is 3. The van der Waals surface area contributed by atoms with E-state index in [4.69, 9.17) is 9.84 Å². The molecule has 0 atom stereocenters. The van der Waals surface area contributed by atoms with E-state index in [0.717, 1.165) is 14.7 Å². The van der Waals surface area contributed by atoms with E-state index in [9.17, 15) is 31.1 Å². The SMILES string of the molecule is O=C(COc1ccc([S+](c2ccccc2)c2ccccc2)cc1)OCCC(O)(C(F)(F)F)C(F)(F)F. The van der Waals surface area contributed by atoms with Crippen LogP contribution in [-0.2, 0) is 20.4 Å². The van der Waals surface area contributed by atoms with Crippen molar-refractivity contribution in [2.24, 2.45) is 0 Å². The molecule has 3 rings (SSSR count).